The second kappa shape index (κ2) is 6.79. The summed E-state index contributed by atoms with van der Waals surface area (Å²) in [6.07, 6.45) is 2.64. The number of carbonyl (C=O) groups excluding carboxylic acids is 1. The molecular weight excluding hydrogens is 304 g/mol. The molecule has 0 spiro atoms. The number of hydrogen-bond acceptors (Lipinski definition) is 4. The van der Waals surface area contributed by atoms with Crippen molar-refractivity contribution >= 4 is 16.8 Å². The Hall–Kier alpha value is -2.75. The summed E-state index contributed by atoms with van der Waals surface area (Å²) in [5.41, 5.74) is 1.64. The first-order valence-corrected chi connectivity index (χ1v) is 8.14. The zero-order chi connectivity index (χ0) is 17.1. The number of para-hydroxylation sites is 1. The van der Waals surface area contributed by atoms with E-state index in [9.17, 15) is 15.0 Å². The summed E-state index contributed by atoms with van der Waals surface area (Å²) in [4.78, 5) is 12.5. The first-order chi connectivity index (χ1) is 11.6. The number of furan rings is 1. The molecule has 0 amide bonds. The highest BCUT2D eigenvalue weighted by molar-refractivity contribution is 6.00. The van der Waals surface area contributed by atoms with Gasteiger partial charge in [-0.05, 0) is 36.6 Å². The van der Waals surface area contributed by atoms with Gasteiger partial charge >= 0.3 is 0 Å². The summed E-state index contributed by atoms with van der Waals surface area (Å²) >= 11 is 0. The van der Waals surface area contributed by atoms with Gasteiger partial charge in [0.1, 0.15) is 22.8 Å². The average molecular weight is 324 g/mol. The number of phenols is 2. The molecule has 1 aromatic heterocycles. The minimum atomic E-state index is -0.232. The van der Waals surface area contributed by atoms with Crippen LogP contribution in [0.1, 0.15) is 41.4 Å². The molecule has 0 aliphatic heterocycles. The van der Waals surface area contributed by atoms with E-state index in [1.54, 1.807) is 6.07 Å². The molecule has 2 N–H and O–H groups in total. The lowest BCUT2D eigenvalue weighted by atomic mass is 9.99. The van der Waals surface area contributed by atoms with Gasteiger partial charge in [0.05, 0.1) is 12.0 Å². The quantitative estimate of drug-likeness (QED) is 0.649. The van der Waals surface area contributed by atoms with Crippen molar-refractivity contribution in [3.63, 3.8) is 0 Å². The molecule has 4 nitrogen and oxygen atoms in total. The fourth-order valence-corrected chi connectivity index (χ4v) is 2.79. The van der Waals surface area contributed by atoms with E-state index in [1.165, 1.54) is 6.07 Å². The maximum atomic E-state index is 12.5. The molecule has 0 aliphatic carbocycles. The van der Waals surface area contributed by atoms with Crippen LogP contribution in [0.2, 0.25) is 0 Å². The van der Waals surface area contributed by atoms with Crippen molar-refractivity contribution in [1.82, 2.24) is 0 Å². The molecule has 1 heterocycles. The lowest BCUT2D eigenvalue weighted by molar-refractivity contribution is 0.0985. The normalized spacial score (nSPS) is 11.0. The Kier molecular flexibility index (Phi) is 4.56. The largest absolute Gasteiger partial charge is 0.508 e. The van der Waals surface area contributed by atoms with Crippen molar-refractivity contribution in [2.24, 2.45) is 0 Å². The molecule has 0 atom stereocenters. The SMILES string of the molecule is CCCCc1cc(C(=O)Cc2cc3ccccc3o2)c(O)cc1O. The molecule has 3 rings (SSSR count). The third-order valence-electron chi connectivity index (χ3n) is 4.11. The van der Waals surface area contributed by atoms with Gasteiger partial charge in [-0.25, -0.2) is 0 Å². The lowest BCUT2D eigenvalue weighted by Gasteiger charge is -2.09. The highest BCUT2D eigenvalue weighted by Crippen LogP contribution is 2.30. The second-order valence-electron chi connectivity index (χ2n) is 5.95. The summed E-state index contributed by atoms with van der Waals surface area (Å²) in [6.45, 7) is 2.06. The van der Waals surface area contributed by atoms with Crippen LogP contribution >= 0.6 is 0 Å². The summed E-state index contributed by atoms with van der Waals surface area (Å²) in [5, 5.41) is 20.9. The Morgan fingerprint density at radius 3 is 2.62 bits per heavy atom. The van der Waals surface area contributed by atoms with Crippen molar-refractivity contribution < 1.29 is 19.4 Å². The third kappa shape index (κ3) is 3.27. The van der Waals surface area contributed by atoms with Crippen molar-refractivity contribution in [3.8, 4) is 11.5 Å². The molecule has 4 heteroatoms. The number of fused-ring (bicyclic) bond motifs is 1. The van der Waals surface area contributed by atoms with Gasteiger partial charge in [-0.15, -0.1) is 0 Å². The predicted octanol–water partition coefficient (Wildman–Crippen LogP) is 4.61. The Bertz CT molecular complexity index is 843. The number of carbonyl (C=O) groups is 1. The van der Waals surface area contributed by atoms with Crippen LogP contribution in [0.25, 0.3) is 11.0 Å². The first-order valence-electron chi connectivity index (χ1n) is 8.14. The number of rotatable bonds is 6. The van der Waals surface area contributed by atoms with Gasteiger partial charge in [-0.3, -0.25) is 4.79 Å². The van der Waals surface area contributed by atoms with E-state index in [4.69, 9.17) is 4.42 Å². The summed E-state index contributed by atoms with van der Waals surface area (Å²) in [7, 11) is 0. The highest BCUT2D eigenvalue weighted by Gasteiger charge is 2.17. The van der Waals surface area contributed by atoms with Crippen LogP contribution < -0.4 is 0 Å². The highest BCUT2D eigenvalue weighted by atomic mass is 16.3. The second-order valence-corrected chi connectivity index (χ2v) is 5.95. The standard InChI is InChI=1S/C20H20O4/c1-2-3-6-13-10-16(19(23)12-17(13)21)18(22)11-15-9-14-7-4-5-8-20(14)24-15/h4-5,7-10,12,21,23H,2-3,6,11H2,1H3. The van der Waals surface area contributed by atoms with Gasteiger partial charge in [0.25, 0.3) is 0 Å². The number of phenolic OH excluding ortho intramolecular Hbond substituents is 2. The van der Waals surface area contributed by atoms with Gasteiger partial charge in [-0.2, -0.15) is 0 Å². The van der Waals surface area contributed by atoms with E-state index in [0.717, 1.165) is 23.8 Å². The van der Waals surface area contributed by atoms with Crippen molar-refractivity contribution in [1.29, 1.82) is 0 Å². The van der Waals surface area contributed by atoms with Gasteiger partial charge in [0, 0.05) is 11.5 Å². The molecular formula is C20H20O4. The minimum absolute atomic E-state index is 0.0289. The van der Waals surface area contributed by atoms with Crippen molar-refractivity contribution in [2.45, 2.75) is 32.6 Å². The van der Waals surface area contributed by atoms with Crippen LogP contribution in [0.15, 0.2) is 46.9 Å². The van der Waals surface area contributed by atoms with Gasteiger partial charge < -0.3 is 14.6 Å². The lowest BCUT2D eigenvalue weighted by Crippen LogP contribution is -2.04. The molecule has 124 valence electrons. The smallest absolute Gasteiger partial charge is 0.174 e. The molecule has 0 unspecified atom stereocenters. The van der Waals surface area contributed by atoms with Gasteiger partial charge in [-0.1, -0.05) is 31.5 Å². The van der Waals surface area contributed by atoms with E-state index in [-0.39, 0.29) is 29.3 Å². The van der Waals surface area contributed by atoms with E-state index in [0.29, 0.717) is 17.7 Å². The number of aryl methyl sites for hydroxylation is 1. The Morgan fingerprint density at radius 2 is 1.88 bits per heavy atom. The molecule has 24 heavy (non-hydrogen) atoms. The van der Waals surface area contributed by atoms with Crippen LogP contribution in [-0.4, -0.2) is 16.0 Å². The molecule has 0 aliphatic rings. The van der Waals surface area contributed by atoms with E-state index in [1.807, 2.05) is 30.3 Å². The number of Topliss-reactive ketones (excluding diaryl/α,β-unsaturated/α-hetero) is 1. The van der Waals surface area contributed by atoms with E-state index >= 15 is 0 Å². The summed E-state index contributed by atoms with van der Waals surface area (Å²) in [6, 6.07) is 12.2. The van der Waals surface area contributed by atoms with Crippen LogP contribution in [0.3, 0.4) is 0 Å². The Balaban J connectivity index is 1.86. The maximum Gasteiger partial charge on any atom is 0.174 e. The van der Waals surface area contributed by atoms with E-state index < -0.39 is 0 Å². The number of ketones is 1. The topological polar surface area (TPSA) is 70.7 Å². The zero-order valence-electron chi connectivity index (χ0n) is 13.6. The molecule has 0 bridgehead atoms. The Morgan fingerprint density at radius 1 is 1.08 bits per heavy atom. The monoisotopic (exact) mass is 324 g/mol. The van der Waals surface area contributed by atoms with Crippen LogP contribution in [0.4, 0.5) is 0 Å². The zero-order valence-corrected chi connectivity index (χ0v) is 13.6. The Labute approximate surface area is 140 Å². The molecule has 3 aromatic rings. The number of hydrogen-bond donors (Lipinski definition) is 2. The van der Waals surface area contributed by atoms with Gasteiger partial charge in [0.2, 0.25) is 0 Å². The third-order valence-corrected chi connectivity index (χ3v) is 4.11. The number of benzene rings is 2. The minimum Gasteiger partial charge on any atom is -0.508 e. The molecule has 0 fully saturated rings. The van der Waals surface area contributed by atoms with Crippen LogP contribution in [0.5, 0.6) is 11.5 Å². The maximum absolute atomic E-state index is 12.5. The fourth-order valence-electron chi connectivity index (χ4n) is 2.79. The van der Waals surface area contributed by atoms with Crippen molar-refractivity contribution in [2.75, 3.05) is 0 Å². The summed E-state index contributed by atoms with van der Waals surface area (Å²) in [5.74, 6) is 0.156. The van der Waals surface area contributed by atoms with Crippen LogP contribution in [-0.2, 0) is 12.8 Å². The van der Waals surface area contributed by atoms with Crippen LogP contribution in [0, 0.1) is 0 Å². The first kappa shape index (κ1) is 16.1. The fraction of sp³-hybridized carbons (Fsp3) is 0.250. The predicted molar refractivity (Wildman–Crippen MR) is 92.6 cm³/mol. The van der Waals surface area contributed by atoms with Gasteiger partial charge in [0.15, 0.2) is 5.78 Å². The van der Waals surface area contributed by atoms with Crippen molar-refractivity contribution in [3.05, 3.63) is 59.4 Å². The average Bonchev–Trinajstić information content (AvgIpc) is 2.96. The molecule has 0 radical (unpaired) electrons. The molecule has 0 saturated heterocycles. The van der Waals surface area contributed by atoms with E-state index in [2.05, 4.69) is 6.92 Å². The number of aromatic hydroxyl groups is 2. The molecule has 2 aromatic carbocycles. The summed E-state index contributed by atoms with van der Waals surface area (Å²) < 4.78 is 5.67. The molecule has 0 saturated carbocycles. The number of unbranched alkanes of at least 4 members (excludes halogenated alkanes) is 1.